The number of nitrogens with zero attached hydrogens (tertiary/aromatic N) is 4. The highest BCUT2D eigenvalue weighted by Gasteiger charge is 2.23. The number of ether oxygens (including phenoxy) is 1. The lowest BCUT2D eigenvalue weighted by molar-refractivity contribution is -0.0707. The van der Waals surface area contributed by atoms with Crippen LogP contribution in [-0.4, -0.2) is 50.9 Å². The van der Waals surface area contributed by atoms with Crippen LogP contribution >= 0.6 is 11.3 Å². The number of anilines is 1. The topological polar surface area (TPSA) is 72.3 Å². The summed E-state index contributed by atoms with van der Waals surface area (Å²) in [6.07, 6.45) is 2.05. The van der Waals surface area contributed by atoms with Gasteiger partial charge in [-0.25, -0.2) is 9.67 Å². The number of benzene rings is 1. The van der Waals surface area contributed by atoms with Gasteiger partial charge in [0.05, 0.1) is 41.0 Å². The van der Waals surface area contributed by atoms with Crippen LogP contribution in [-0.2, 0) is 11.3 Å². The van der Waals surface area contributed by atoms with Crippen molar-refractivity contribution in [2.45, 2.75) is 39.5 Å². The highest BCUT2D eigenvalue weighted by atomic mass is 32.1. The van der Waals surface area contributed by atoms with E-state index in [2.05, 4.69) is 34.1 Å². The molecule has 0 spiro atoms. The molecule has 2 atom stereocenters. The molecule has 3 aromatic rings. The van der Waals surface area contributed by atoms with Crippen molar-refractivity contribution in [3.8, 4) is 5.69 Å². The Labute approximate surface area is 174 Å². The standard InChI is InChI=1S/C21H25N5O2S/c1-14-10-25(11-15(2)28-14)12-17-13-29-21(23-17)24-20(27)19-9-22-26(16(19)3)18-7-5-4-6-8-18/h4-9,13-15H,10-12H2,1-3H3,(H,23,24,27). The maximum atomic E-state index is 12.7. The average Bonchev–Trinajstić information content (AvgIpc) is 3.28. The van der Waals surface area contributed by atoms with E-state index in [1.165, 1.54) is 11.3 Å². The Kier molecular flexibility index (Phi) is 5.75. The monoisotopic (exact) mass is 411 g/mol. The van der Waals surface area contributed by atoms with Crippen LogP contribution in [0.15, 0.2) is 41.9 Å². The molecule has 0 aliphatic carbocycles. The number of carbonyl (C=O) groups is 1. The van der Waals surface area contributed by atoms with Gasteiger partial charge < -0.3 is 4.74 Å². The Bertz CT molecular complexity index is 974. The van der Waals surface area contributed by atoms with Crippen LogP contribution in [0.5, 0.6) is 0 Å². The summed E-state index contributed by atoms with van der Waals surface area (Å²) in [6.45, 7) is 8.61. The molecule has 0 saturated carbocycles. The second kappa shape index (κ2) is 8.44. The highest BCUT2D eigenvalue weighted by Crippen LogP contribution is 2.21. The average molecular weight is 412 g/mol. The van der Waals surface area contributed by atoms with Crippen molar-refractivity contribution in [1.29, 1.82) is 0 Å². The molecule has 0 bridgehead atoms. The minimum Gasteiger partial charge on any atom is -0.373 e. The van der Waals surface area contributed by atoms with Crippen molar-refractivity contribution in [3.05, 3.63) is 58.9 Å². The van der Waals surface area contributed by atoms with Gasteiger partial charge in [0.1, 0.15) is 0 Å². The van der Waals surface area contributed by atoms with Crippen molar-refractivity contribution in [3.63, 3.8) is 0 Å². The molecular weight excluding hydrogens is 386 g/mol. The van der Waals surface area contributed by atoms with E-state index < -0.39 is 0 Å². The second-order valence-corrected chi connectivity index (χ2v) is 8.30. The lowest BCUT2D eigenvalue weighted by Gasteiger charge is -2.34. The van der Waals surface area contributed by atoms with Gasteiger partial charge in [-0.3, -0.25) is 15.0 Å². The number of rotatable bonds is 5. The first kappa shape index (κ1) is 19.8. The van der Waals surface area contributed by atoms with E-state index >= 15 is 0 Å². The van der Waals surface area contributed by atoms with Gasteiger partial charge in [0.2, 0.25) is 0 Å². The van der Waals surface area contributed by atoms with Gasteiger partial charge in [0.15, 0.2) is 5.13 Å². The molecule has 8 heteroatoms. The zero-order chi connectivity index (χ0) is 20.4. The summed E-state index contributed by atoms with van der Waals surface area (Å²) < 4.78 is 7.55. The quantitative estimate of drug-likeness (QED) is 0.696. The molecule has 3 heterocycles. The number of carbonyl (C=O) groups excluding carboxylic acids is 1. The molecule has 7 nitrogen and oxygen atoms in total. The van der Waals surface area contributed by atoms with Gasteiger partial charge in [-0.2, -0.15) is 5.10 Å². The molecule has 1 saturated heterocycles. The summed E-state index contributed by atoms with van der Waals surface area (Å²) in [5.74, 6) is -0.195. The summed E-state index contributed by atoms with van der Waals surface area (Å²) in [5, 5.41) is 9.88. The number of morpholine rings is 1. The Balaban J connectivity index is 1.41. The van der Waals surface area contributed by atoms with Gasteiger partial charge >= 0.3 is 0 Å². The van der Waals surface area contributed by atoms with Gasteiger partial charge in [-0.1, -0.05) is 18.2 Å². The smallest absolute Gasteiger partial charge is 0.260 e. The molecule has 4 rings (SSSR count). The molecular formula is C21H25N5O2S. The van der Waals surface area contributed by atoms with E-state index in [1.54, 1.807) is 10.9 Å². The largest absolute Gasteiger partial charge is 0.373 e. The lowest BCUT2D eigenvalue weighted by Crippen LogP contribution is -2.44. The number of amides is 1. The van der Waals surface area contributed by atoms with Crippen LogP contribution < -0.4 is 5.32 Å². The summed E-state index contributed by atoms with van der Waals surface area (Å²) in [4.78, 5) is 19.7. The van der Waals surface area contributed by atoms with Crippen LogP contribution in [0.3, 0.4) is 0 Å². The van der Waals surface area contributed by atoms with Crippen molar-refractivity contribution < 1.29 is 9.53 Å². The first-order chi connectivity index (χ1) is 14.0. The fourth-order valence-corrected chi connectivity index (χ4v) is 4.40. The van der Waals surface area contributed by atoms with Crippen LogP contribution in [0, 0.1) is 6.92 Å². The van der Waals surface area contributed by atoms with Gasteiger partial charge in [-0.15, -0.1) is 11.3 Å². The second-order valence-electron chi connectivity index (χ2n) is 7.44. The van der Waals surface area contributed by atoms with E-state index in [-0.39, 0.29) is 18.1 Å². The van der Waals surface area contributed by atoms with Crippen LogP contribution in [0.25, 0.3) is 5.69 Å². The zero-order valence-electron chi connectivity index (χ0n) is 16.8. The summed E-state index contributed by atoms with van der Waals surface area (Å²) in [6, 6.07) is 9.77. The molecule has 1 aromatic carbocycles. The number of para-hydroxylation sites is 1. The normalized spacial score (nSPS) is 20.0. The predicted molar refractivity (Wildman–Crippen MR) is 114 cm³/mol. The third-order valence-corrected chi connectivity index (χ3v) is 5.71. The number of hydrogen-bond donors (Lipinski definition) is 1. The zero-order valence-corrected chi connectivity index (χ0v) is 17.6. The van der Waals surface area contributed by atoms with Crippen molar-refractivity contribution in [2.75, 3.05) is 18.4 Å². The SMILES string of the molecule is Cc1c(C(=O)Nc2nc(CN3CC(C)OC(C)C3)cs2)cnn1-c1ccccc1. The fourth-order valence-electron chi connectivity index (χ4n) is 3.71. The Morgan fingerprint density at radius 3 is 2.69 bits per heavy atom. The molecule has 29 heavy (non-hydrogen) atoms. The molecule has 1 aliphatic heterocycles. The maximum Gasteiger partial charge on any atom is 0.260 e. The number of thiazole rings is 1. The lowest BCUT2D eigenvalue weighted by atomic mass is 10.2. The predicted octanol–water partition coefficient (Wildman–Crippen LogP) is 3.50. The van der Waals surface area contributed by atoms with Crippen molar-refractivity contribution >= 4 is 22.4 Å². The summed E-state index contributed by atoms with van der Waals surface area (Å²) in [7, 11) is 0. The van der Waals surface area contributed by atoms with Crippen molar-refractivity contribution in [2.24, 2.45) is 0 Å². The van der Waals surface area contributed by atoms with Gasteiger partial charge in [0.25, 0.3) is 5.91 Å². The molecule has 1 N–H and O–H groups in total. The number of nitrogens with one attached hydrogen (secondary N) is 1. The fraction of sp³-hybridized carbons (Fsp3) is 0.381. The van der Waals surface area contributed by atoms with E-state index in [4.69, 9.17) is 4.74 Å². The van der Waals surface area contributed by atoms with E-state index in [0.717, 1.165) is 36.7 Å². The molecule has 2 unspecified atom stereocenters. The summed E-state index contributed by atoms with van der Waals surface area (Å²) in [5.41, 5.74) is 3.22. The maximum absolute atomic E-state index is 12.7. The minimum absolute atomic E-state index is 0.195. The number of hydrogen-bond acceptors (Lipinski definition) is 6. The molecule has 0 radical (unpaired) electrons. The van der Waals surface area contributed by atoms with Crippen molar-refractivity contribution in [1.82, 2.24) is 19.7 Å². The van der Waals surface area contributed by atoms with E-state index in [9.17, 15) is 4.79 Å². The minimum atomic E-state index is -0.195. The molecule has 1 amide bonds. The van der Waals surface area contributed by atoms with Gasteiger partial charge in [0, 0.05) is 25.0 Å². The molecule has 2 aromatic heterocycles. The molecule has 1 fully saturated rings. The van der Waals surface area contributed by atoms with E-state index in [1.807, 2.05) is 42.6 Å². The summed E-state index contributed by atoms with van der Waals surface area (Å²) >= 11 is 1.44. The third-order valence-electron chi connectivity index (χ3n) is 4.91. The van der Waals surface area contributed by atoms with E-state index in [0.29, 0.717) is 10.7 Å². The first-order valence-corrected chi connectivity index (χ1v) is 10.6. The molecule has 1 aliphatic rings. The highest BCUT2D eigenvalue weighted by molar-refractivity contribution is 7.14. The van der Waals surface area contributed by atoms with Crippen LogP contribution in [0.4, 0.5) is 5.13 Å². The first-order valence-electron chi connectivity index (χ1n) is 9.73. The van der Waals surface area contributed by atoms with Gasteiger partial charge in [-0.05, 0) is 32.9 Å². The van der Waals surface area contributed by atoms with Crippen LogP contribution in [0.1, 0.15) is 35.6 Å². The third kappa shape index (κ3) is 4.55. The molecule has 152 valence electrons. The van der Waals surface area contributed by atoms with Crippen LogP contribution in [0.2, 0.25) is 0 Å². The Hall–Kier alpha value is -2.55. The number of aromatic nitrogens is 3. The Morgan fingerprint density at radius 1 is 1.24 bits per heavy atom. The Morgan fingerprint density at radius 2 is 1.97 bits per heavy atom.